The van der Waals surface area contributed by atoms with Gasteiger partial charge in [0.25, 0.3) is 0 Å². The highest BCUT2D eigenvalue weighted by molar-refractivity contribution is 5.96. The van der Waals surface area contributed by atoms with Gasteiger partial charge in [-0.3, -0.25) is 20.3 Å². The number of phenols is 1. The standard InChI is InChI=1S/C37H41N5O5/c43-34-18-10-7-13-29(34)27-38-23-19-35(44)40-42(30-14-5-2-6-15-30)36(45)22-26-41-24-20-31(21-25-41)47-37(46)39-33-17-9-8-16-32(33)28-11-3-1-4-12-28/h1-18,31,38,43H,19-27H2,(H,39,46)(H,40,44). The van der Waals surface area contributed by atoms with Crippen molar-refractivity contribution in [3.05, 3.63) is 115 Å². The van der Waals surface area contributed by atoms with Crippen LogP contribution in [0.3, 0.4) is 0 Å². The first-order valence-electron chi connectivity index (χ1n) is 16.0. The minimum Gasteiger partial charge on any atom is -0.508 e. The van der Waals surface area contributed by atoms with E-state index in [1.165, 1.54) is 5.01 Å². The van der Waals surface area contributed by atoms with Gasteiger partial charge < -0.3 is 20.1 Å². The average Bonchev–Trinajstić information content (AvgIpc) is 3.10. The minimum atomic E-state index is -0.482. The summed E-state index contributed by atoms with van der Waals surface area (Å²) in [6.07, 6.45) is 0.991. The molecule has 0 bridgehead atoms. The lowest BCUT2D eigenvalue weighted by atomic mass is 10.0. The number of nitrogens with zero attached hydrogens (tertiary/aromatic N) is 2. The Hall–Kier alpha value is -5.19. The number of nitrogens with one attached hydrogen (secondary N) is 3. The van der Waals surface area contributed by atoms with E-state index in [1.807, 2.05) is 84.9 Å². The predicted octanol–water partition coefficient (Wildman–Crippen LogP) is 5.71. The number of piperidine rings is 1. The molecule has 0 spiro atoms. The second-order valence-corrected chi connectivity index (χ2v) is 11.4. The van der Waals surface area contributed by atoms with Gasteiger partial charge in [-0.2, -0.15) is 0 Å². The molecule has 4 aromatic rings. The summed E-state index contributed by atoms with van der Waals surface area (Å²) in [6.45, 7) is 2.70. The van der Waals surface area contributed by atoms with Gasteiger partial charge >= 0.3 is 6.09 Å². The second kappa shape index (κ2) is 16.9. The molecule has 3 amide bonds. The number of rotatable bonds is 12. The lowest BCUT2D eigenvalue weighted by molar-refractivity contribution is -0.126. The number of aromatic hydroxyl groups is 1. The summed E-state index contributed by atoms with van der Waals surface area (Å²) in [4.78, 5) is 41.1. The highest BCUT2D eigenvalue weighted by Gasteiger charge is 2.25. The number of hydrogen-bond acceptors (Lipinski definition) is 7. The van der Waals surface area contributed by atoms with Crippen molar-refractivity contribution in [3.63, 3.8) is 0 Å². The molecule has 10 nitrogen and oxygen atoms in total. The minimum absolute atomic E-state index is 0.156. The third-order valence-corrected chi connectivity index (χ3v) is 8.03. The molecule has 1 heterocycles. The predicted molar refractivity (Wildman–Crippen MR) is 183 cm³/mol. The summed E-state index contributed by atoms with van der Waals surface area (Å²) in [6, 6.07) is 33.6. The Kier molecular flexibility index (Phi) is 12.0. The van der Waals surface area contributed by atoms with Crippen molar-refractivity contribution in [2.24, 2.45) is 0 Å². The molecule has 1 fully saturated rings. The number of para-hydroxylation sites is 3. The van der Waals surface area contributed by atoms with Crippen LogP contribution in [0.1, 0.15) is 31.2 Å². The van der Waals surface area contributed by atoms with E-state index in [0.29, 0.717) is 56.9 Å². The number of amides is 3. The Bertz CT molecular complexity index is 1610. The first-order chi connectivity index (χ1) is 23.0. The number of anilines is 2. The molecule has 0 atom stereocenters. The molecule has 0 aromatic heterocycles. The number of hydrazine groups is 1. The molecule has 0 unspecified atom stereocenters. The summed E-state index contributed by atoms with van der Waals surface area (Å²) in [7, 11) is 0. The Morgan fingerprint density at radius 1 is 0.809 bits per heavy atom. The molecule has 5 rings (SSSR count). The van der Waals surface area contributed by atoms with Crippen molar-refractivity contribution < 1.29 is 24.2 Å². The molecular formula is C37H41N5O5. The van der Waals surface area contributed by atoms with E-state index in [0.717, 1.165) is 16.7 Å². The SMILES string of the molecule is O=C(CCNCc1ccccc1O)NN(C(=O)CCN1CCC(OC(=O)Nc2ccccc2-c2ccccc2)CC1)c1ccccc1. The second-order valence-electron chi connectivity index (χ2n) is 11.4. The van der Waals surface area contributed by atoms with Crippen molar-refractivity contribution in [2.45, 2.75) is 38.3 Å². The maximum atomic E-state index is 13.4. The van der Waals surface area contributed by atoms with Gasteiger partial charge in [-0.05, 0) is 42.7 Å². The maximum Gasteiger partial charge on any atom is 0.411 e. The number of hydrogen-bond donors (Lipinski definition) is 4. The average molecular weight is 636 g/mol. The van der Waals surface area contributed by atoms with Crippen LogP contribution < -0.4 is 21.1 Å². The third kappa shape index (κ3) is 9.90. The van der Waals surface area contributed by atoms with Crippen LogP contribution in [0.4, 0.5) is 16.2 Å². The smallest absolute Gasteiger partial charge is 0.411 e. The Labute approximate surface area is 275 Å². The molecule has 0 radical (unpaired) electrons. The molecule has 1 aliphatic heterocycles. The van der Waals surface area contributed by atoms with E-state index in [9.17, 15) is 19.5 Å². The lowest BCUT2D eigenvalue weighted by Gasteiger charge is -2.32. The van der Waals surface area contributed by atoms with Gasteiger partial charge in [0, 0.05) is 56.7 Å². The normalized spacial score (nSPS) is 13.4. The van der Waals surface area contributed by atoms with Crippen molar-refractivity contribution in [2.75, 3.05) is 36.5 Å². The molecule has 47 heavy (non-hydrogen) atoms. The first kappa shape index (κ1) is 33.2. The maximum absolute atomic E-state index is 13.4. The van der Waals surface area contributed by atoms with E-state index in [-0.39, 0.29) is 36.5 Å². The zero-order valence-electron chi connectivity index (χ0n) is 26.3. The quantitative estimate of drug-likeness (QED) is 0.116. The van der Waals surface area contributed by atoms with Crippen LogP contribution in [0.15, 0.2) is 109 Å². The van der Waals surface area contributed by atoms with E-state index < -0.39 is 6.09 Å². The molecule has 0 saturated carbocycles. The van der Waals surface area contributed by atoms with Crippen molar-refractivity contribution in [1.82, 2.24) is 15.6 Å². The Balaban J connectivity index is 1.06. The van der Waals surface area contributed by atoms with Gasteiger partial charge in [-0.1, -0.05) is 84.9 Å². The third-order valence-electron chi connectivity index (χ3n) is 8.03. The molecule has 244 valence electrons. The van der Waals surface area contributed by atoms with Crippen LogP contribution in [-0.2, 0) is 20.9 Å². The Morgan fingerprint density at radius 2 is 1.47 bits per heavy atom. The fourth-order valence-corrected chi connectivity index (χ4v) is 5.48. The molecule has 10 heteroatoms. The van der Waals surface area contributed by atoms with Gasteiger partial charge in [0.15, 0.2) is 0 Å². The van der Waals surface area contributed by atoms with Gasteiger partial charge in [0.05, 0.1) is 11.4 Å². The van der Waals surface area contributed by atoms with Gasteiger partial charge in [0.2, 0.25) is 11.8 Å². The van der Waals surface area contributed by atoms with Crippen molar-refractivity contribution >= 4 is 29.3 Å². The molecule has 0 aliphatic carbocycles. The number of ether oxygens (including phenoxy) is 1. The van der Waals surface area contributed by atoms with E-state index in [1.54, 1.807) is 24.3 Å². The fourth-order valence-electron chi connectivity index (χ4n) is 5.48. The van der Waals surface area contributed by atoms with E-state index in [4.69, 9.17) is 4.74 Å². The monoisotopic (exact) mass is 635 g/mol. The van der Waals surface area contributed by atoms with Crippen LogP contribution in [0.25, 0.3) is 11.1 Å². The zero-order valence-corrected chi connectivity index (χ0v) is 26.3. The Morgan fingerprint density at radius 3 is 2.21 bits per heavy atom. The van der Waals surface area contributed by atoms with Gasteiger partial charge in [-0.15, -0.1) is 0 Å². The van der Waals surface area contributed by atoms with E-state index in [2.05, 4.69) is 21.0 Å². The van der Waals surface area contributed by atoms with Crippen LogP contribution >= 0.6 is 0 Å². The topological polar surface area (TPSA) is 123 Å². The fraction of sp³-hybridized carbons (Fsp3) is 0.270. The van der Waals surface area contributed by atoms with Crippen LogP contribution in [0.5, 0.6) is 5.75 Å². The molecule has 4 aromatic carbocycles. The van der Waals surface area contributed by atoms with Crippen LogP contribution in [-0.4, -0.2) is 60.2 Å². The first-order valence-corrected chi connectivity index (χ1v) is 16.0. The summed E-state index contributed by atoms with van der Waals surface area (Å²) in [5, 5.41) is 17.3. The van der Waals surface area contributed by atoms with Crippen LogP contribution in [0.2, 0.25) is 0 Å². The summed E-state index contributed by atoms with van der Waals surface area (Å²) in [5.74, 6) is -0.315. The zero-order chi connectivity index (χ0) is 32.8. The number of carbonyl (C=O) groups excluding carboxylic acids is 3. The summed E-state index contributed by atoms with van der Waals surface area (Å²) < 4.78 is 5.75. The van der Waals surface area contributed by atoms with Crippen LogP contribution in [0, 0.1) is 0 Å². The molecular weight excluding hydrogens is 594 g/mol. The number of benzene rings is 4. The summed E-state index contributed by atoms with van der Waals surface area (Å²) in [5.41, 5.74) is 6.72. The molecule has 4 N–H and O–H groups in total. The molecule has 1 saturated heterocycles. The highest BCUT2D eigenvalue weighted by atomic mass is 16.6. The highest BCUT2D eigenvalue weighted by Crippen LogP contribution is 2.28. The van der Waals surface area contributed by atoms with Gasteiger partial charge in [0.1, 0.15) is 11.9 Å². The largest absolute Gasteiger partial charge is 0.508 e. The van der Waals surface area contributed by atoms with Gasteiger partial charge in [-0.25, -0.2) is 9.80 Å². The lowest BCUT2D eigenvalue weighted by Crippen LogP contribution is -2.48. The number of likely N-dealkylation sites (tertiary alicyclic amines) is 1. The van der Waals surface area contributed by atoms with Crippen molar-refractivity contribution in [3.8, 4) is 16.9 Å². The van der Waals surface area contributed by atoms with Crippen molar-refractivity contribution in [1.29, 1.82) is 0 Å². The van der Waals surface area contributed by atoms with E-state index >= 15 is 0 Å². The molecule has 1 aliphatic rings. The number of carbonyl (C=O) groups is 3. The summed E-state index contributed by atoms with van der Waals surface area (Å²) >= 11 is 0. The number of phenolic OH excluding ortho intramolecular Hbond substituents is 1.